The van der Waals surface area contributed by atoms with Crippen LogP contribution >= 0.6 is 0 Å². The van der Waals surface area contributed by atoms with Crippen LogP contribution < -0.4 is 58.2 Å². The summed E-state index contributed by atoms with van der Waals surface area (Å²) in [6.45, 7) is 6.21. The van der Waals surface area contributed by atoms with Gasteiger partial charge in [-0.2, -0.15) is 0 Å². The molecule has 0 fully saturated rings. The topological polar surface area (TPSA) is 26.0 Å². The summed E-state index contributed by atoms with van der Waals surface area (Å²) < 4.78 is 4.64. The summed E-state index contributed by atoms with van der Waals surface area (Å²) in [5.74, 6) is 0. The Labute approximate surface area is 110 Å². The van der Waals surface area contributed by atoms with Gasteiger partial charge in [0.05, 0.1) is 0 Å². The van der Waals surface area contributed by atoms with E-state index in [4.69, 9.17) is 0 Å². The molecule has 0 unspecified atom stereocenters. The molecule has 50 valence electrons. The maximum atomic E-state index is 4.64. The molecule has 0 aliphatic carbocycles. The Morgan fingerprint density at radius 3 is 2.30 bits per heavy atom. The molecule has 0 aromatic carbocycles. The van der Waals surface area contributed by atoms with E-state index in [-0.39, 0.29) is 63.6 Å². The zero-order chi connectivity index (χ0) is 6.91. The molecule has 1 aromatic rings. The third kappa shape index (κ3) is 2.95. The van der Waals surface area contributed by atoms with Gasteiger partial charge in [0.1, 0.15) is 0 Å². The zero-order valence-corrected chi connectivity index (χ0v) is 11.8. The van der Waals surface area contributed by atoms with Crippen molar-refractivity contribution in [2.45, 2.75) is 26.2 Å². The van der Waals surface area contributed by atoms with Crippen molar-refractivity contribution in [1.82, 2.24) is 5.16 Å². The first-order valence-corrected chi connectivity index (χ1v) is 2.93. The molecule has 0 aliphatic rings. The van der Waals surface area contributed by atoms with Crippen molar-refractivity contribution in [1.29, 1.82) is 0 Å². The average Bonchev–Trinajstić information content (AvgIpc) is 2.08. The van der Waals surface area contributed by atoms with Gasteiger partial charge in [-0.15, -0.1) is 5.16 Å². The third-order valence-corrected chi connectivity index (χ3v) is 1.10. The van der Waals surface area contributed by atoms with Gasteiger partial charge in [-0.25, -0.2) is 0 Å². The molecule has 0 N–H and O–H groups in total. The number of rotatable bonds is 0. The Morgan fingerprint density at radius 2 is 2.10 bits per heavy atom. The largest absolute Gasteiger partial charge is 1.00 e. The fourth-order valence-electron chi connectivity index (χ4n) is 0.541. The molecule has 2 nitrogen and oxygen atoms in total. The van der Waals surface area contributed by atoms with Gasteiger partial charge in [0.15, 0.2) is 0 Å². The zero-order valence-electron chi connectivity index (χ0n) is 6.93. The molecule has 0 saturated carbocycles. The molecule has 1 rings (SSSR count). The molecule has 1 heterocycles. The van der Waals surface area contributed by atoms with Crippen LogP contribution in [-0.2, 0) is 5.41 Å². The van der Waals surface area contributed by atoms with Crippen molar-refractivity contribution >= 4 is 0 Å². The number of hydrogen-bond acceptors (Lipinski definition) is 2. The van der Waals surface area contributed by atoms with Crippen LogP contribution in [0.1, 0.15) is 26.5 Å². The van der Waals surface area contributed by atoms with Crippen LogP contribution in [-0.4, -0.2) is 5.16 Å². The Kier molecular flexibility index (Phi) is 4.56. The van der Waals surface area contributed by atoms with Crippen LogP contribution in [0.25, 0.3) is 0 Å². The van der Waals surface area contributed by atoms with Gasteiger partial charge in [0, 0.05) is 0 Å². The van der Waals surface area contributed by atoms with Gasteiger partial charge < -0.3 is 10.6 Å². The monoisotopic (exact) mass is 209 g/mol. The summed E-state index contributed by atoms with van der Waals surface area (Å²) in [4.78, 5) is 0. The summed E-state index contributed by atoms with van der Waals surface area (Å²) >= 11 is 0. The molecule has 0 radical (unpaired) electrons. The number of aromatic nitrogens is 1. The Balaban J connectivity index is 0.000000810. The normalized spacial score (nSPS) is 10.7. The van der Waals surface area contributed by atoms with Gasteiger partial charge in [-0.3, -0.25) is 0 Å². The van der Waals surface area contributed by atoms with Crippen LogP contribution in [0, 0.1) is 6.07 Å². The van der Waals surface area contributed by atoms with E-state index in [1.807, 2.05) is 0 Å². The summed E-state index contributed by atoms with van der Waals surface area (Å²) in [6.07, 6.45) is 1.47. The van der Waals surface area contributed by atoms with Gasteiger partial charge in [0.25, 0.3) is 0 Å². The molecular formula is C7H10NORb. The first kappa shape index (κ1) is 11.0. The summed E-state index contributed by atoms with van der Waals surface area (Å²) in [6, 6.07) is 2.90. The van der Waals surface area contributed by atoms with E-state index in [1.54, 1.807) is 0 Å². The minimum absolute atomic E-state index is 0. The van der Waals surface area contributed by atoms with Gasteiger partial charge in [-0.1, -0.05) is 32.7 Å². The molecule has 3 heteroatoms. The standard InChI is InChI=1S/C7H10NO.Rb/c1-7(2,3)6-4-5-9-8-6;/h5H,1-3H3;/q-1;+1. The quantitative estimate of drug-likeness (QED) is 0.501. The number of hydrogen-bond donors (Lipinski definition) is 0. The maximum absolute atomic E-state index is 4.64. The molecule has 0 aliphatic heterocycles. The molecular weight excluding hydrogens is 200 g/mol. The van der Waals surface area contributed by atoms with Crippen LogP contribution in [0.2, 0.25) is 0 Å². The van der Waals surface area contributed by atoms with Crippen molar-refractivity contribution in [2.24, 2.45) is 0 Å². The first-order chi connectivity index (χ1) is 4.11. The van der Waals surface area contributed by atoms with E-state index in [0.29, 0.717) is 0 Å². The fourth-order valence-corrected chi connectivity index (χ4v) is 0.541. The van der Waals surface area contributed by atoms with Crippen LogP contribution in [0.3, 0.4) is 0 Å². The second kappa shape index (κ2) is 4.14. The fraction of sp³-hybridized carbons (Fsp3) is 0.571. The Bertz CT molecular complexity index is 176. The van der Waals surface area contributed by atoms with E-state index < -0.39 is 0 Å². The Hall–Kier alpha value is 1.02. The summed E-state index contributed by atoms with van der Waals surface area (Å²) in [7, 11) is 0. The van der Waals surface area contributed by atoms with Crippen LogP contribution in [0.4, 0.5) is 0 Å². The molecule has 1 aromatic heterocycles. The van der Waals surface area contributed by atoms with Gasteiger partial charge in [0.2, 0.25) is 0 Å². The van der Waals surface area contributed by atoms with Crippen LogP contribution in [0.5, 0.6) is 0 Å². The molecule has 0 spiro atoms. The van der Waals surface area contributed by atoms with Gasteiger partial charge >= 0.3 is 58.2 Å². The van der Waals surface area contributed by atoms with Crippen molar-refractivity contribution < 1.29 is 62.7 Å². The van der Waals surface area contributed by atoms with Crippen molar-refractivity contribution in [3.63, 3.8) is 0 Å². The summed E-state index contributed by atoms with van der Waals surface area (Å²) in [5.41, 5.74) is 0.940. The van der Waals surface area contributed by atoms with E-state index >= 15 is 0 Å². The number of nitrogens with zero attached hydrogens (tertiary/aromatic N) is 1. The van der Waals surface area contributed by atoms with E-state index in [9.17, 15) is 0 Å². The molecule has 0 atom stereocenters. The van der Waals surface area contributed by atoms with E-state index in [1.165, 1.54) is 6.26 Å². The Morgan fingerprint density at radius 1 is 1.50 bits per heavy atom. The minimum atomic E-state index is 0. The molecule has 0 saturated heterocycles. The average molecular weight is 210 g/mol. The maximum Gasteiger partial charge on any atom is 1.00 e. The van der Waals surface area contributed by atoms with E-state index in [2.05, 4.69) is 36.5 Å². The predicted octanol–water partition coefficient (Wildman–Crippen LogP) is -1.22. The molecule has 0 bridgehead atoms. The molecule has 0 amide bonds. The SMILES string of the molecule is CC(C)(C)c1[c-]con1.[Rb+]. The van der Waals surface area contributed by atoms with E-state index in [0.717, 1.165) is 5.69 Å². The minimum Gasteiger partial charge on any atom is -0.406 e. The predicted molar refractivity (Wildman–Crippen MR) is 34.0 cm³/mol. The first-order valence-electron chi connectivity index (χ1n) is 2.93. The third-order valence-electron chi connectivity index (χ3n) is 1.10. The molecule has 10 heavy (non-hydrogen) atoms. The van der Waals surface area contributed by atoms with Crippen LogP contribution in [0.15, 0.2) is 10.8 Å². The van der Waals surface area contributed by atoms with Crippen molar-refractivity contribution in [3.05, 3.63) is 18.0 Å². The van der Waals surface area contributed by atoms with Crippen molar-refractivity contribution in [2.75, 3.05) is 0 Å². The van der Waals surface area contributed by atoms with Gasteiger partial charge in [-0.05, 0) is 5.41 Å². The smallest absolute Gasteiger partial charge is 0.406 e. The second-order valence-electron chi connectivity index (χ2n) is 3.06. The summed E-state index contributed by atoms with van der Waals surface area (Å²) in [5, 5.41) is 3.76. The second-order valence-corrected chi connectivity index (χ2v) is 3.06. The van der Waals surface area contributed by atoms with Crippen molar-refractivity contribution in [3.8, 4) is 0 Å².